The van der Waals surface area contributed by atoms with E-state index < -0.39 is 96.1 Å². The highest BCUT2D eigenvalue weighted by Gasteiger charge is 2.30. The zero-order valence-electron chi connectivity index (χ0n) is 31.0. The van der Waals surface area contributed by atoms with Gasteiger partial charge in [-0.25, -0.2) is 0 Å². The first kappa shape index (κ1) is 25.2. The van der Waals surface area contributed by atoms with Gasteiger partial charge in [0.15, 0.2) is 11.7 Å². The van der Waals surface area contributed by atoms with Crippen LogP contribution < -0.4 is 39.3 Å². The van der Waals surface area contributed by atoms with E-state index in [1.165, 1.54) is 0 Å². The molecule has 2 aromatic rings. The standard InChI is InChI=1S/C31H46N8O4/c32-16-8-7-14-26(28(34)41)39-29(42)23(18-21-10-3-1-4-11-21)20-27(40)25(15-9-17-37-31(35)36)38-30(43)24(33)19-22-12-5-2-6-13-22/h1-6,10-13,23-26H,7-9,14-20,32-33H2,(H2,34,41)(H,38,43)(H,39,42)(H4,35,36,37)/t23-,24+,25-,26+/m1/s1/i1D,3D,4D,10D,11D,18D2. The van der Waals surface area contributed by atoms with Gasteiger partial charge in [0.25, 0.3) is 0 Å². The molecule has 0 unspecified atom stereocenters. The van der Waals surface area contributed by atoms with Gasteiger partial charge in [0.05, 0.1) is 18.9 Å². The zero-order valence-corrected chi connectivity index (χ0v) is 24.0. The van der Waals surface area contributed by atoms with Crippen LogP contribution in [0.4, 0.5) is 0 Å². The molecule has 12 N–H and O–H groups in total. The number of hydrogen-bond donors (Lipinski definition) is 7. The number of Topliss-reactive ketones (excluding diaryl/α,β-unsaturated/α-hetero) is 1. The minimum absolute atomic E-state index is 0.0411. The predicted molar refractivity (Wildman–Crippen MR) is 167 cm³/mol. The van der Waals surface area contributed by atoms with E-state index in [2.05, 4.69) is 15.6 Å². The second-order valence-electron chi connectivity index (χ2n) is 9.92. The molecule has 0 fully saturated rings. The number of primary amides is 1. The second-order valence-corrected chi connectivity index (χ2v) is 9.92. The van der Waals surface area contributed by atoms with Crippen molar-refractivity contribution in [3.8, 4) is 0 Å². The molecule has 0 bridgehead atoms. The molecule has 0 heterocycles. The van der Waals surface area contributed by atoms with Gasteiger partial charge >= 0.3 is 0 Å². The number of rotatable bonds is 20. The third-order valence-electron chi connectivity index (χ3n) is 6.43. The van der Waals surface area contributed by atoms with Crippen LogP contribution in [-0.4, -0.2) is 60.7 Å². The fraction of sp³-hybridized carbons (Fsp3) is 0.452. The van der Waals surface area contributed by atoms with Crippen LogP contribution in [0.3, 0.4) is 0 Å². The number of nitrogens with two attached hydrogens (primary N) is 5. The monoisotopic (exact) mass is 601 g/mol. The Balaban J connectivity index is 2.56. The van der Waals surface area contributed by atoms with Crippen molar-refractivity contribution in [3.05, 3.63) is 71.7 Å². The first-order valence-corrected chi connectivity index (χ1v) is 14.0. The fourth-order valence-electron chi connectivity index (χ4n) is 4.16. The molecule has 0 saturated carbocycles. The van der Waals surface area contributed by atoms with Crippen molar-refractivity contribution in [2.24, 2.45) is 39.6 Å². The number of nitrogens with zero attached hydrogens (tertiary/aromatic N) is 1. The summed E-state index contributed by atoms with van der Waals surface area (Å²) in [5.74, 6) is -5.95. The van der Waals surface area contributed by atoms with Crippen molar-refractivity contribution in [2.75, 3.05) is 13.1 Å². The smallest absolute Gasteiger partial charge is 0.239 e. The summed E-state index contributed by atoms with van der Waals surface area (Å²) in [5.41, 5.74) is 27.9. The molecule has 0 saturated heterocycles. The van der Waals surface area contributed by atoms with Gasteiger partial charge in [-0.15, -0.1) is 0 Å². The molecule has 0 radical (unpaired) electrons. The highest BCUT2D eigenvalue weighted by Crippen LogP contribution is 2.17. The van der Waals surface area contributed by atoms with Crippen LogP contribution in [-0.2, 0) is 32.0 Å². The summed E-state index contributed by atoms with van der Waals surface area (Å²) in [6.45, 7) is 0.355. The summed E-state index contributed by atoms with van der Waals surface area (Å²) >= 11 is 0. The van der Waals surface area contributed by atoms with Crippen molar-refractivity contribution in [1.29, 1.82) is 0 Å². The zero-order chi connectivity index (χ0) is 37.8. The Kier molecular flexibility index (Phi) is 11.2. The highest BCUT2D eigenvalue weighted by molar-refractivity contribution is 5.94. The quantitative estimate of drug-likeness (QED) is 0.0618. The third-order valence-corrected chi connectivity index (χ3v) is 6.43. The van der Waals surface area contributed by atoms with E-state index in [-0.39, 0.29) is 38.2 Å². The summed E-state index contributed by atoms with van der Waals surface area (Å²) < 4.78 is 58.8. The number of nitrogens with one attached hydrogen (secondary N) is 2. The SMILES string of the molecule is [2H]c1c([2H])c([2H])c(C([2H])([2H])[C@H](CC(=O)[C@@H](CCCN=C(N)N)NC(=O)[C@@H](N)Cc2ccccc2)C(=O)N[C@@H](CCCCN)C(N)=O)c([2H])c1[2H]. The molecule has 2 aromatic carbocycles. The first-order valence-electron chi connectivity index (χ1n) is 17.5. The van der Waals surface area contributed by atoms with Crippen molar-refractivity contribution >= 4 is 29.5 Å². The van der Waals surface area contributed by atoms with Crippen molar-refractivity contribution in [2.45, 2.75) is 69.4 Å². The Morgan fingerprint density at radius 3 is 2.14 bits per heavy atom. The average Bonchev–Trinajstić information content (AvgIpc) is 3.06. The Morgan fingerprint density at radius 1 is 0.860 bits per heavy atom. The van der Waals surface area contributed by atoms with Crippen molar-refractivity contribution < 1.29 is 28.8 Å². The van der Waals surface area contributed by atoms with E-state index >= 15 is 0 Å². The number of carbonyl (C=O) groups is 4. The van der Waals surface area contributed by atoms with Crippen LogP contribution in [0.25, 0.3) is 0 Å². The number of guanidine groups is 1. The molecule has 2 rings (SSSR count). The van der Waals surface area contributed by atoms with Gasteiger partial charge in [0, 0.05) is 21.6 Å². The van der Waals surface area contributed by atoms with Gasteiger partial charge in [-0.1, -0.05) is 60.5 Å². The van der Waals surface area contributed by atoms with E-state index in [9.17, 15) is 19.2 Å². The van der Waals surface area contributed by atoms with Gasteiger partial charge in [-0.3, -0.25) is 24.2 Å². The lowest BCUT2D eigenvalue weighted by atomic mass is 9.89. The fourth-order valence-corrected chi connectivity index (χ4v) is 4.16. The molecule has 12 heteroatoms. The molecule has 0 aliphatic heterocycles. The molecule has 43 heavy (non-hydrogen) atoms. The number of benzene rings is 2. The first-order chi connectivity index (χ1) is 23.4. The largest absolute Gasteiger partial charge is 0.370 e. The minimum Gasteiger partial charge on any atom is -0.370 e. The maximum Gasteiger partial charge on any atom is 0.239 e. The number of unbranched alkanes of at least 4 members (excludes halogenated alkanes) is 1. The highest BCUT2D eigenvalue weighted by atomic mass is 16.2. The van der Waals surface area contributed by atoms with E-state index in [4.69, 9.17) is 38.3 Å². The van der Waals surface area contributed by atoms with Crippen molar-refractivity contribution in [3.63, 3.8) is 0 Å². The lowest BCUT2D eigenvalue weighted by molar-refractivity contribution is -0.133. The number of carbonyl (C=O) groups excluding carboxylic acids is 4. The van der Waals surface area contributed by atoms with Crippen LogP contribution in [0.2, 0.25) is 0 Å². The van der Waals surface area contributed by atoms with Crippen LogP contribution >= 0.6 is 0 Å². The van der Waals surface area contributed by atoms with E-state index in [0.29, 0.717) is 19.4 Å². The van der Waals surface area contributed by atoms with E-state index in [1.807, 2.05) is 0 Å². The van der Waals surface area contributed by atoms with E-state index in [0.717, 1.165) is 5.56 Å². The molecule has 4 atom stereocenters. The van der Waals surface area contributed by atoms with Crippen molar-refractivity contribution in [1.82, 2.24) is 10.6 Å². The topological polar surface area (TPSA) is 235 Å². The van der Waals surface area contributed by atoms with Gasteiger partial charge in [-0.05, 0) is 62.6 Å². The number of ketones is 1. The number of hydrogen-bond acceptors (Lipinski definition) is 7. The Hall–Kier alpha value is -4.29. The van der Waals surface area contributed by atoms with Crippen LogP contribution in [0, 0.1) is 5.92 Å². The molecule has 3 amide bonds. The van der Waals surface area contributed by atoms with Crippen LogP contribution in [0.5, 0.6) is 0 Å². The average molecular weight is 602 g/mol. The predicted octanol–water partition coefficient (Wildman–Crippen LogP) is 0.0120. The summed E-state index contributed by atoms with van der Waals surface area (Å²) in [4.78, 5) is 57.2. The summed E-state index contributed by atoms with van der Waals surface area (Å²) in [6, 6.07) is 0.800. The molecule has 0 aliphatic rings. The van der Waals surface area contributed by atoms with Gasteiger partial charge in [0.1, 0.15) is 6.04 Å². The van der Waals surface area contributed by atoms with Gasteiger partial charge in [-0.2, -0.15) is 0 Å². The number of amides is 3. The summed E-state index contributed by atoms with van der Waals surface area (Å²) in [6.07, 6.45) is -2.88. The lowest BCUT2D eigenvalue weighted by Gasteiger charge is -2.24. The molecule has 234 valence electrons. The van der Waals surface area contributed by atoms with Gasteiger partial charge in [0.2, 0.25) is 17.7 Å². The van der Waals surface area contributed by atoms with Crippen LogP contribution in [0.15, 0.2) is 65.5 Å². The van der Waals surface area contributed by atoms with E-state index in [1.54, 1.807) is 30.3 Å². The third kappa shape index (κ3) is 13.5. The van der Waals surface area contributed by atoms with Crippen LogP contribution in [0.1, 0.15) is 59.2 Å². The minimum atomic E-state index is -3.08. The second kappa shape index (κ2) is 19.0. The molecule has 0 aliphatic carbocycles. The normalized spacial score (nSPS) is 16.3. The molecule has 0 spiro atoms. The lowest BCUT2D eigenvalue weighted by Crippen LogP contribution is -2.51. The Bertz CT molecular complexity index is 1520. The Labute approximate surface area is 263 Å². The molecule has 12 nitrogen and oxygen atoms in total. The number of aliphatic imine (C=N–C) groups is 1. The molecule has 0 aromatic heterocycles. The van der Waals surface area contributed by atoms with Gasteiger partial charge < -0.3 is 39.3 Å². The summed E-state index contributed by atoms with van der Waals surface area (Å²) in [5, 5.41) is 4.95. The maximum absolute atomic E-state index is 14.0. The summed E-state index contributed by atoms with van der Waals surface area (Å²) in [7, 11) is 0. The molecular weight excluding hydrogens is 548 g/mol. The molecular formula is C31H46N8O4. The Morgan fingerprint density at radius 2 is 1.51 bits per heavy atom. The maximum atomic E-state index is 14.0.